The fourth-order valence-corrected chi connectivity index (χ4v) is 1.44. The predicted octanol–water partition coefficient (Wildman–Crippen LogP) is 1.88. The number of hydrogen-bond acceptors (Lipinski definition) is 4. The van der Waals surface area contributed by atoms with Crippen LogP contribution in [0.4, 0.5) is 5.69 Å². The monoisotopic (exact) mass is 253 g/mol. The minimum absolute atomic E-state index is 0.0805. The Kier molecular flexibility index (Phi) is 5.34. The lowest BCUT2D eigenvalue weighted by atomic mass is 10.1. The van der Waals surface area contributed by atoms with E-state index in [0.717, 1.165) is 25.1 Å². The Bertz CT molecular complexity index is 426. The number of anilines is 1. The van der Waals surface area contributed by atoms with E-state index in [9.17, 15) is 4.79 Å². The van der Waals surface area contributed by atoms with Crippen LogP contribution in [0, 0.1) is 0 Å². The quantitative estimate of drug-likeness (QED) is 0.806. The van der Waals surface area contributed by atoms with Gasteiger partial charge in [0.05, 0.1) is 17.5 Å². The van der Waals surface area contributed by atoms with Crippen molar-refractivity contribution in [3.63, 3.8) is 0 Å². The van der Waals surface area contributed by atoms with E-state index in [0.29, 0.717) is 6.54 Å². The van der Waals surface area contributed by atoms with E-state index < -0.39 is 0 Å². The minimum atomic E-state index is -0.236. The third kappa shape index (κ3) is 4.49. The van der Waals surface area contributed by atoms with Crippen molar-refractivity contribution in [3.05, 3.63) is 22.6 Å². The molecule has 1 heterocycles. The van der Waals surface area contributed by atoms with Crippen molar-refractivity contribution in [2.75, 3.05) is 19.0 Å². The van der Waals surface area contributed by atoms with E-state index in [4.69, 9.17) is 4.74 Å². The third-order valence-electron chi connectivity index (χ3n) is 2.93. The van der Waals surface area contributed by atoms with Crippen LogP contribution in [0.5, 0.6) is 0 Å². The lowest BCUT2D eigenvalue weighted by Crippen LogP contribution is -2.29. The number of ether oxygens (including phenoxy) is 1. The van der Waals surface area contributed by atoms with Crippen molar-refractivity contribution in [2.45, 2.75) is 45.8 Å². The Hall–Kier alpha value is -1.36. The molecule has 1 aromatic rings. The molecule has 0 atom stereocenters. The van der Waals surface area contributed by atoms with Crippen molar-refractivity contribution in [3.8, 4) is 0 Å². The SMILES string of the molecule is CCCNc1cnn(CCC(C)(C)OC)c(=O)c1. The van der Waals surface area contributed by atoms with Crippen molar-refractivity contribution < 1.29 is 4.74 Å². The van der Waals surface area contributed by atoms with Crippen LogP contribution in [-0.2, 0) is 11.3 Å². The summed E-state index contributed by atoms with van der Waals surface area (Å²) in [6.45, 7) is 7.48. The van der Waals surface area contributed by atoms with Crippen molar-refractivity contribution >= 4 is 5.69 Å². The molecule has 102 valence electrons. The van der Waals surface area contributed by atoms with Crippen molar-refractivity contribution in [2.24, 2.45) is 0 Å². The highest BCUT2D eigenvalue weighted by Gasteiger charge is 2.16. The zero-order chi connectivity index (χ0) is 13.6. The van der Waals surface area contributed by atoms with Crippen LogP contribution >= 0.6 is 0 Å². The minimum Gasteiger partial charge on any atom is -0.384 e. The molecule has 0 saturated carbocycles. The summed E-state index contributed by atoms with van der Waals surface area (Å²) in [6.07, 6.45) is 3.46. The van der Waals surface area contributed by atoms with Crippen LogP contribution in [0.15, 0.2) is 17.1 Å². The number of methoxy groups -OCH3 is 1. The first-order valence-electron chi connectivity index (χ1n) is 6.34. The molecular weight excluding hydrogens is 230 g/mol. The average Bonchev–Trinajstić information content (AvgIpc) is 2.35. The highest BCUT2D eigenvalue weighted by atomic mass is 16.5. The van der Waals surface area contributed by atoms with Crippen LogP contribution in [0.25, 0.3) is 0 Å². The van der Waals surface area contributed by atoms with Gasteiger partial charge in [-0.3, -0.25) is 4.79 Å². The molecule has 0 fully saturated rings. The number of aromatic nitrogens is 2. The first-order valence-corrected chi connectivity index (χ1v) is 6.34. The summed E-state index contributed by atoms with van der Waals surface area (Å²) < 4.78 is 6.79. The maximum atomic E-state index is 11.8. The number of aryl methyl sites for hydroxylation is 1. The maximum absolute atomic E-state index is 11.8. The fourth-order valence-electron chi connectivity index (χ4n) is 1.44. The zero-order valence-electron chi connectivity index (χ0n) is 11.7. The van der Waals surface area contributed by atoms with Crippen LogP contribution in [-0.4, -0.2) is 29.0 Å². The van der Waals surface area contributed by atoms with Crippen molar-refractivity contribution in [1.29, 1.82) is 0 Å². The van der Waals surface area contributed by atoms with Gasteiger partial charge in [0, 0.05) is 26.3 Å². The van der Waals surface area contributed by atoms with Crippen LogP contribution in [0.3, 0.4) is 0 Å². The molecule has 0 unspecified atom stereocenters. The molecule has 0 saturated heterocycles. The molecule has 0 spiro atoms. The Morgan fingerprint density at radius 1 is 1.50 bits per heavy atom. The van der Waals surface area contributed by atoms with Gasteiger partial charge in [0.25, 0.3) is 5.56 Å². The standard InChI is InChI=1S/C13H23N3O2/c1-5-7-14-11-9-12(17)16(15-10-11)8-6-13(2,3)18-4/h9-10,14H,5-8H2,1-4H3. The summed E-state index contributed by atoms with van der Waals surface area (Å²) in [5.41, 5.74) is 0.465. The molecule has 0 bridgehead atoms. The molecule has 0 aliphatic rings. The van der Waals surface area contributed by atoms with E-state index in [1.54, 1.807) is 19.4 Å². The number of nitrogens with zero attached hydrogens (tertiary/aromatic N) is 2. The topological polar surface area (TPSA) is 56.1 Å². The molecule has 1 rings (SSSR count). The second-order valence-corrected chi connectivity index (χ2v) is 4.95. The summed E-state index contributed by atoms with van der Waals surface area (Å²) in [5.74, 6) is 0. The summed E-state index contributed by atoms with van der Waals surface area (Å²) >= 11 is 0. The Labute approximate surface area is 108 Å². The van der Waals surface area contributed by atoms with Gasteiger partial charge in [-0.2, -0.15) is 5.10 Å². The molecule has 1 N–H and O–H groups in total. The van der Waals surface area contributed by atoms with Gasteiger partial charge in [-0.25, -0.2) is 4.68 Å². The third-order valence-corrected chi connectivity index (χ3v) is 2.93. The first kappa shape index (κ1) is 14.7. The van der Waals surface area contributed by atoms with Gasteiger partial charge in [-0.05, 0) is 26.7 Å². The first-order chi connectivity index (χ1) is 8.48. The van der Waals surface area contributed by atoms with Gasteiger partial charge in [0.1, 0.15) is 0 Å². The highest BCUT2D eigenvalue weighted by molar-refractivity contribution is 5.38. The van der Waals surface area contributed by atoms with E-state index in [2.05, 4.69) is 17.3 Å². The lowest BCUT2D eigenvalue weighted by molar-refractivity contribution is 0.0110. The number of rotatable bonds is 7. The molecule has 0 aliphatic heterocycles. The largest absolute Gasteiger partial charge is 0.384 e. The Morgan fingerprint density at radius 2 is 2.22 bits per heavy atom. The molecule has 0 aliphatic carbocycles. The van der Waals surface area contributed by atoms with Gasteiger partial charge >= 0.3 is 0 Å². The molecule has 0 aromatic carbocycles. The smallest absolute Gasteiger partial charge is 0.268 e. The van der Waals surface area contributed by atoms with E-state index >= 15 is 0 Å². The fraction of sp³-hybridized carbons (Fsp3) is 0.692. The van der Waals surface area contributed by atoms with E-state index in [1.165, 1.54) is 4.68 Å². The zero-order valence-corrected chi connectivity index (χ0v) is 11.7. The Morgan fingerprint density at radius 3 is 2.78 bits per heavy atom. The Balaban J connectivity index is 2.65. The second kappa shape index (κ2) is 6.54. The highest BCUT2D eigenvalue weighted by Crippen LogP contribution is 2.13. The molecule has 5 nitrogen and oxygen atoms in total. The van der Waals surface area contributed by atoms with E-state index in [-0.39, 0.29) is 11.2 Å². The van der Waals surface area contributed by atoms with Crippen LogP contribution in [0.2, 0.25) is 0 Å². The molecule has 0 amide bonds. The normalized spacial score (nSPS) is 11.6. The van der Waals surface area contributed by atoms with Gasteiger partial charge in [-0.15, -0.1) is 0 Å². The van der Waals surface area contributed by atoms with E-state index in [1.807, 2.05) is 13.8 Å². The van der Waals surface area contributed by atoms with Crippen LogP contribution in [0.1, 0.15) is 33.6 Å². The lowest BCUT2D eigenvalue weighted by Gasteiger charge is -2.22. The summed E-state index contributed by atoms with van der Waals surface area (Å²) in [4.78, 5) is 11.8. The van der Waals surface area contributed by atoms with Gasteiger partial charge in [0.2, 0.25) is 0 Å². The van der Waals surface area contributed by atoms with Gasteiger partial charge in [-0.1, -0.05) is 6.92 Å². The predicted molar refractivity (Wildman–Crippen MR) is 73.0 cm³/mol. The van der Waals surface area contributed by atoms with Crippen molar-refractivity contribution in [1.82, 2.24) is 9.78 Å². The molecular formula is C13H23N3O2. The van der Waals surface area contributed by atoms with Gasteiger partial charge in [0.15, 0.2) is 0 Å². The summed E-state index contributed by atoms with van der Waals surface area (Å²) in [7, 11) is 1.67. The number of hydrogen-bond donors (Lipinski definition) is 1. The maximum Gasteiger partial charge on any atom is 0.268 e. The van der Waals surface area contributed by atoms with Gasteiger partial charge < -0.3 is 10.1 Å². The molecule has 18 heavy (non-hydrogen) atoms. The molecule has 5 heteroatoms. The second-order valence-electron chi connectivity index (χ2n) is 4.95. The summed E-state index contributed by atoms with van der Waals surface area (Å²) in [6, 6.07) is 1.59. The molecule has 1 aromatic heterocycles. The molecule has 0 radical (unpaired) electrons. The summed E-state index contributed by atoms with van der Waals surface area (Å²) in [5, 5.41) is 7.30. The van der Waals surface area contributed by atoms with Crippen LogP contribution < -0.4 is 10.9 Å². The average molecular weight is 253 g/mol. The number of nitrogens with one attached hydrogen (secondary N) is 1.